The monoisotopic (exact) mass is 364 g/mol. The van der Waals surface area contributed by atoms with Crippen LogP contribution in [0.25, 0.3) is 0 Å². The van der Waals surface area contributed by atoms with Crippen molar-refractivity contribution in [2.45, 2.75) is 25.9 Å². The van der Waals surface area contributed by atoms with Crippen LogP contribution in [0, 0.1) is 15.9 Å². The number of benzene rings is 1. The van der Waals surface area contributed by atoms with Crippen molar-refractivity contribution in [2.24, 2.45) is 0 Å². The lowest BCUT2D eigenvalue weighted by molar-refractivity contribution is -0.386. The van der Waals surface area contributed by atoms with Gasteiger partial charge in [-0.25, -0.2) is 4.39 Å². The molecule has 8 heteroatoms. The number of aliphatic hydroxyl groups is 1. The Kier molecular flexibility index (Phi) is 6.50. The zero-order valence-corrected chi connectivity index (χ0v) is 13.4. The van der Waals surface area contributed by atoms with Crippen LogP contribution in [0.5, 0.6) is 5.75 Å². The minimum atomic E-state index is -1.20. The average Bonchev–Trinajstić information content (AvgIpc) is 2.36. The Morgan fingerprint density at radius 2 is 2.24 bits per heavy atom. The van der Waals surface area contributed by atoms with Crippen molar-refractivity contribution in [3.8, 4) is 5.75 Å². The molecular formula is C13H18BrFN2O4. The summed E-state index contributed by atoms with van der Waals surface area (Å²) in [6, 6.07) is 1.86. The second-order valence-corrected chi connectivity index (χ2v) is 5.81. The molecule has 1 atom stereocenters. The summed E-state index contributed by atoms with van der Waals surface area (Å²) in [5.41, 5.74) is -1.68. The molecule has 0 aliphatic carbocycles. The van der Waals surface area contributed by atoms with Crippen LogP contribution in [0.15, 0.2) is 16.6 Å². The fraction of sp³-hybridized carbons (Fsp3) is 0.538. The van der Waals surface area contributed by atoms with E-state index in [0.717, 1.165) is 25.1 Å². The zero-order valence-electron chi connectivity index (χ0n) is 11.9. The van der Waals surface area contributed by atoms with Crippen LogP contribution in [0.4, 0.5) is 10.1 Å². The number of halogens is 2. The van der Waals surface area contributed by atoms with Crippen molar-refractivity contribution in [3.63, 3.8) is 0 Å². The highest BCUT2D eigenvalue weighted by Crippen LogP contribution is 2.36. The van der Waals surface area contributed by atoms with Crippen LogP contribution in [-0.2, 0) is 0 Å². The number of ether oxygens (including phenoxy) is 1. The van der Waals surface area contributed by atoms with Crippen molar-refractivity contribution in [3.05, 3.63) is 32.5 Å². The molecule has 0 radical (unpaired) electrons. The predicted molar refractivity (Wildman–Crippen MR) is 80.0 cm³/mol. The van der Waals surface area contributed by atoms with E-state index in [2.05, 4.69) is 21.2 Å². The van der Waals surface area contributed by atoms with Gasteiger partial charge >= 0.3 is 5.69 Å². The Hall–Kier alpha value is -1.25. The van der Waals surface area contributed by atoms with Crippen LogP contribution in [0.2, 0.25) is 0 Å². The first-order chi connectivity index (χ1) is 9.76. The number of nitrogens with zero attached hydrogens (tertiary/aromatic N) is 1. The van der Waals surface area contributed by atoms with Crippen molar-refractivity contribution >= 4 is 21.6 Å². The molecule has 0 amide bonds. The minimum absolute atomic E-state index is 0.0998. The lowest BCUT2D eigenvalue weighted by Gasteiger charge is -2.24. The van der Waals surface area contributed by atoms with Crippen molar-refractivity contribution in [1.29, 1.82) is 0 Å². The maximum Gasteiger partial charge on any atom is 0.315 e. The number of rotatable bonds is 8. The van der Waals surface area contributed by atoms with E-state index in [9.17, 15) is 19.6 Å². The highest BCUT2D eigenvalue weighted by Gasteiger charge is 2.26. The van der Waals surface area contributed by atoms with Gasteiger partial charge in [0.05, 0.1) is 15.5 Å². The van der Waals surface area contributed by atoms with E-state index in [4.69, 9.17) is 4.74 Å². The number of hydrogen-bond acceptors (Lipinski definition) is 5. The maximum absolute atomic E-state index is 13.2. The summed E-state index contributed by atoms with van der Waals surface area (Å²) in [5, 5.41) is 24.1. The summed E-state index contributed by atoms with van der Waals surface area (Å²) in [7, 11) is 0. The van der Waals surface area contributed by atoms with Gasteiger partial charge in [-0.15, -0.1) is 0 Å². The maximum atomic E-state index is 13.2. The van der Waals surface area contributed by atoms with Gasteiger partial charge < -0.3 is 15.2 Å². The molecule has 0 saturated carbocycles. The van der Waals surface area contributed by atoms with Crippen LogP contribution in [0.3, 0.4) is 0 Å². The van der Waals surface area contributed by atoms with E-state index >= 15 is 0 Å². The average molecular weight is 365 g/mol. The van der Waals surface area contributed by atoms with Gasteiger partial charge in [-0.1, -0.05) is 6.92 Å². The summed E-state index contributed by atoms with van der Waals surface area (Å²) in [5.74, 6) is -0.838. The lowest BCUT2D eigenvalue weighted by atomic mass is 10.1. The summed E-state index contributed by atoms with van der Waals surface area (Å²) in [6.45, 7) is 4.43. The van der Waals surface area contributed by atoms with Crippen LogP contribution in [0.1, 0.15) is 20.3 Å². The molecule has 0 aromatic heterocycles. The summed E-state index contributed by atoms with van der Waals surface area (Å²) < 4.78 is 18.7. The van der Waals surface area contributed by atoms with Crippen LogP contribution >= 0.6 is 15.9 Å². The molecule has 0 fully saturated rings. The molecule has 1 aromatic carbocycles. The summed E-state index contributed by atoms with van der Waals surface area (Å²) >= 11 is 3.03. The molecule has 21 heavy (non-hydrogen) atoms. The third-order valence-electron chi connectivity index (χ3n) is 2.65. The van der Waals surface area contributed by atoms with Gasteiger partial charge in [0.1, 0.15) is 18.0 Å². The first-order valence-electron chi connectivity index (χ1n) is 6.46. The van der Waals surface area contributed by atoms with Crippen LogP contribution < -0.4 is 10.1 Å². The SMILES string of the molecule is CCCNCC(C)(O)COc1c(Br)cc(F)cc1[N+](=O)[O-]. The fourth-order valence-electron chi connectivity index (χ4n) is 1.64. The quantitative estimate of drug-likeness (QED) is 0.420. The molecule has 1 aromatic rings. The van der Waals surface area contributed by atoms with E-state index in [1.807, 2.05) is 6.92 Å². The molecule has 1 unspecified atom stereocenters. The Morgan fingerprint density at radius 3 is 2.81 bits per heavy atom. The third kappa shape index (κ3) is 5.56. The molecule has 0 saturated heterocycles. The number of nitro groups is 1. The third-order valence-corrected chi connectivity index (χ3v) is 3.23. The molecular weight excluding hydrogens is 347 g/mol. The molecule has 1 rings (SSSR count). The molecule has 0 aliphatic rings. The van der Waals surface area contributed by atoms with E-state index in [1.165, 1.54) is 0 Å². The van der Waals surface area contributed by atoms with E-state index in [-0.39, 0.29) is 23.4 Å². The summed E-state index contributed by atoms with van der Waals surface area (Å²) in [6.07, 6.45) is 0.923. The molecule has 0 spiro atoms. The van der Waals surface area contributed by atoms with Crippen LogP contribution in [-0.4, -0.2) is 35.3 Å². The first kappa shape index (κ1) is 17.8. The number of nitrogens with one attached hydrogen (secondary N) is 1. The Balaban J connectivity index is 2.81. The van der Waals surface area contributed by atoms with Crippen molar-refractivity contribution < 1.29 is 19.2 Å². The molecule has 2 N–H and O–H groups in total. The second-order valence-electron chi connectivity index (χ2n) is 4.96. The molecule has 0 bridgehead atoms. The van der Waals surface area contributed by atoms with E-state index in [0.29, 0.717) is 0 Å². The van der Waals surface area contributed by atoms with Gasteiger partial charge in [-0.3, -0.25) is 10.1 Å². The molecule has 0 aliphatic heterocycles. The summed E-state index contributed by atoms with van der Waals surface area (Å²) in [4.78, 5) is 10.2. The van der Waals surface area contributed by atoms with Gasteiger partial charge in [0, 0.05) is 6.54 Å². The topological polar surface area (TPSA) is 84.6 Å². The highest BCUT2D eigenvalue weighted by molar-refractivity contribution is 9.10. The van der Waals surface area contributed by atoms with Gasteiger partial charge in [-0.2, -0.15) is 0 Å². The second kappa shape index (κ2) is 7.67. The zero-order chi connectivity index (χ0) is 16.0. The minimum Gasteiger partial charge on any atom is -0.483 e. The largest absolute Gasteiger partial charge is 0.483 e. The first-order valence-corrected chi connectivity index (χ1v) is 7.25. The predicted octanol–water partition coefficient (Wildman–Crippen LogP) is 2.63. The van der Waals surface area contributed by atoms with E-state index in [1.54, 1.807) is 6.92 Å². The van der Waals surface area contributed by atoms with Gasteiger partial charge in [0.2, 0.25) is 5.75 Å². The molecule has 118 valence electrons. The van der Waals surface area contributed by atoms with Gasteiger partial charge in [0.15, 0.2) is 0 Å². The fourth-order valence-corrected chi connectivity index (χ4v) is 2.17. The van der Waals surface area contributed by atoms with Gasteiger partial charge in [0.25, 0.3) is 0 Å². The Labute approximate surface area is 130 Å². The number of hydrogen-bond donors (Lipinski definition) is 2. The molecule has 0 heterocycles. The lowest BCUT2D eigenvalue weighted by Crippen LogP contribution is -2.43. The van der Waals surface area contributed by atoms with E-state index < -0.39 is 22.0 Å². The molecule has 6 nitrogen and oxygen atoms in total. The highest BCUT2D eigenvalue weighted by atomic mass is 79.9. The normalized spacial score (nSPS) is 13.8. The number of nitro benzene ring substituents is 1. The van der Waals surface area contributed by atoms with Crippen molar-refractivity contribution in [1.82, 2.24) is 5.32 Å². The Morgan fingerprint density at radius 1 is 1.57 bits per heavy atom. The van der Waals surface area contributed by atoms with Crippen molar-refractivity contribution in [2.75, 3.05) is 19.7 Å². The Bertz CT molecular complexity index is 511. The standard InChI is InChI=1S/C13H18BrFN2O4/c1-3-4-16-7-13(2,18)8-21-12-10(14)5-9(15)6-11(12)17(19)20/h5-6,16,18H,3-4,7-8H2,1-2H3. The smallest absolute Gasteiger partial charge is 0.315 e. The van der Waals surface area contributed by atoms with Gasteiger partial charge in [-0.05, 0) is 41.9 Å².